The molecule has 4 nitrogen and oxygen atoms in total. The van der Waals surface area contributed by atoms with Gasteiger partial charge in [-0.1, -0.05) is 12.8 Å². The lowest BCUT2D eigenvalue weighted by Gasteiger charge is -2.11. The predicted octanol–water partition coefficient (Wildman–Crippen LogP) is 1.06. The van der Waals surface area contributed by atoms with Crippen LogP contribution in [0.5, 0.6) is 0 Å². The first-order valence-corrected chi connectivity index (χ1v) is 6.42. The Morgan fingerprint density at radius 1 is 1.31 bits per heavy atom. The van der Waals surface area contributed by atoms with Crippen molar-refractivity contribution in [2.75, 3.05) is 26.2 Å². The molecule has 0 bridgehead atoms. The minimum Gasteiger partial charge on any atom is -0.377 e. The van der Waals surface area contributed by atoms with Crippen LogP contribution in [-0.4, -0.2) is 38.3 Å². The van der Waals surface area contributed by atoms with Gasteiger partial charge in [0.1, 0.15) is 0 Å². The Balaban J connectivity index is 1.82. The molecule has 0 unspecified atom stereocenters. The average molecular weight is 228 g/mol. The van der Waals surface area contributed by atoms with Crippen molar-refractivity contribution in [2.45, 2.75) is 45.1 Å². The van der Waals surface area contributed by atoms with Crippen molar-refractivity contribution in [3.63, 3.8) is 0 Å². The van der Waals surface area contributed by atoms with Crippen LogP contribution in [0.25, 0.3) is 0 Å². The lowest BCUT2D eigenvalue weighted by Crippen LogP contribution is -2.29. The first kappa shape index (κ1) is 13.5. The van der Waals surface area contributed by atoms with Crippen molar-refractivity contribution in [3.8, 4) is 0 Å². The minimum atomic E-state index is 0.117. The van der Waals surface area contributed by atoms with Crippen LogP contribution in [0.1, 0.15) is 39.0 Å². The van der Waals surface area contributed by atoms with Crippen LogP contribution >= 0.6 is 0 Å². The molecule has 0 aliphatic heterocycles. The Labute approximate surface area is 98.1 Å². The van der Waals surface area contributed by atoms with E-state index in [0.717, 1.165) is 19.7 Å². The first-order chi connectivity index (χ1) is 7.83. The summed E-state index contributed by atoms with van der Waals surface area (Å²) in [5, 5.41) is 5.98. The van der Waals surface area contributed by atoms with Crippen LogP contribution < -0.4 is 10.6 Å². The quantitative estimate of drug-likeness (QED) is 0.611. The highest BCUT2D eigenvalue weighted by molar-refractivity contribution is 5.75. The molecule has 1 aliphatic rings. The van der Waals surface area contributed by atoms with Gasteiger partial charge in [-0.25, -0.2) is 0 Å². The number of hydrogen-bond donors (Lipinski definition) is 2. The Morgan fingerprint density at radius 3 is 2.75 bits per heavy atom. The smallest absolute Gasteiger partial charge is 0.221 e. The Bertz CT molecular complexity index is 191. The van der Waals surface area contributed by atoms with E-state index in [1.807, 2.05) is 6.92 Å². The molecule has 0 aromatic heterocycles. The van der Waals surface area contributed by atoms with Crippen molar-refractivity contribution < 1.29 is 9.53 Å². The summed E-state index contributed by atoms with van der Waals surface area (Å²) in [6.45, 7) is 4.99. The maximum absolute atomic E-state index is 11.1. The van der Waals surface area contributed by atoms with Gasteiger partial charge in [0, 0.05) is 26.1 Å². The summed E-state index contributed by atoms with van der Waals surface area (Å²) in [7, 11) is 0. The molecular formula is C12H24N2O2. The fourth-order valence-electron chi connectivity index (χ4n) is 1.97. The average Bonchev–Trinajstić information content (AvgIpc) is 2.76. The second-order valence-electron chi connectivity index (χ2n) is 4.23. The Kier molecular flexibility index (Phi) is 7.17. The van der Waals surface area contributed by atoms with Gasteiger partial charge in [-0.2, -0.15) is 0 Å². The van der Waals surface area contributed by atoms with Crippen LogP contribution in [0.2, 0.25) is 0 Å². The van der Waals surface area contributed by atoms with Gasteiger partial charge in [0.15, 0.2) is 0 Å². The van der Waals surface area contributed by atoms with E-state index in [2.05, 4.69) is 10.6 Å². The molecule has 0 heterocycles. The highest BCUT2D eigenvalue weighted by Crippen LogP contribution is 2.20. The van der Waals surface area contributed by atoms with E-state index in [9.17, 15) is 4.79 Å². The fourth-order valence-corrected chi connectivity index (χ4v) is 1.97. The molecule has 0 atom stereocenters. The number of carbonyl (C=O) groups is 1. The number of nitrogens with one attached hydrogen (secondary N) is 2. The Morgan fingerprint density at radius 2 is 2.06 bits per heavy atom. The van der Waals surface area contributed by atoms with Crippen molar-refractivity contribution >= 4 is 5.91 Å². The molecule has 94 valence electrons. The molecule has 1 amide bonds. The predicted molar refractivity (Wildman–Crippen MR) is 64.4 cm³/mol. The SMILES string of the molecule is CCNC(=O)CCNCCOC1CCCC1. The largest absolute Gasteiger partial charge is 0.377 e. The van der Waals surface area contributed by atoms with Gasteiger partial charge in [-0.15, -0.1) is 0 Å². The summed E-state index contributed by atoms with van der Waals surface area (Å²) in [5.74, 6) is 0.117. The molecule has 0 aromatic rings. The van der Waals surface area contributed by atoms with Crippen molar-refractivity contribution in [1.29, 1.82) is 0 Å². The zero-order valence-corrected chi connectivity index (χ0v) is 10.3. The number of rotatable bonds is 8. The summed E-state index contributed by atoms with van der Waals surface area (Å²) in [6.07, 6.45) is 6.12. The van der Waals surface area contributed by atoms with E-state index >= 15 is 0 Å². The van der Waals surface area contributed by atoms with Crippen LogP contribution in [0.4, 0.5) is 0 Å². The van der Waals surface area contributed by atoms with E-state index < -0.39 is 0 Å². The van der Waals surface area contributed by atoms with Gasteiger partial charge in [-0.3, -0.25) is 4.79 Å². The second kappa shape index (κ2) is 8.53. The second-order valence-corrected chi connectivity index (χ2v) is 4.23. The highest BCUT2D eigenvalue weighted by atomic mass is 16.5. The third-order valence-electron chi connectivity index (χ3n) is 2.84. The van der Waals surface area contributed by atoms with Crippen LogP contribution in [0, 0.1) is 0 Å². The summed E-state index contributed by atoms with van der Waals surface area (Å²) in [5.41, 5.74) is 0. The van der Waals surface area contributed by atoms with Crippen LogP contribution in [0.15, 0.2) is 0 Å². The molecule has 0 saturated heterocycles. The molecule has 0 aromatic carbocycles. The van der Waals surface area contributed by atoms with E-state index in [-0.39, 0.29) is 5.91 Å². The van der Waals surface area contributed by atoms with Gasteiger partial charge in [0.2, 0.25) is 5.91 Å². The monoisotopic (exact) mass is 228 g/mol. The lowest BCUT2D eigenvalue weighted by molar-refractivity contribution is -0.120. The van der Waals surface area contributed by atoms with E-state index in [0.29, 0.717) is 19.1 Å². The van der Waals surface area contributed by atoms with Crippen molar-refractivity contribution in [3.05, 3.63) is 0 Å². The molecule has 2 N–H and O–H groups in total. The topological polar surface area (TPSA) is 50.4 Å². The summed E-state index contributed by atoms with van der Waals surface area (Å²) < 4.78 is 5.69. The molecule has 1 fully saturated rings. The Hall–Kier alpha value is -0.610. The zero-order chi connectivity index (χ0) is 11.6. The lowest BCUT2D eigenvalue weighted by atomic mass is 10.3. The van der Waals surface area contributed by atoms with E-state index in [1.165, 1.54) is 25.7 Å². The zero-order valence-electron chi connectivity index (χ0n) is 10.3. The number of amides is 1. The molecule has 0 radical (unpaired) electrons. The third kappa shape index (κ3) is 6.08. The normalized spacial score (nSPS) is 16.6. The molecule has 1 rings (SSSR count). The molecule has 1 saturated carbocycles. The number of ether oxygens (including phenoxy) is 1. The van der Waals surface area contributed by atoms with E-state index in [1.54, 1.807) is 0 Å². The molecule has 4 heteroatoms. The highest BCUT2D eigenvalue weighted by Gasteiger charge is 2.14. The first-order valence-electron chi connectivity index (χ1n) is 6.42. The van der Waals surface area contributed by atoms with Gasteiger partial charge >= 0.3 is 0 Å². The van der Waals surface area contributed by atoms with Gasteiger partial charge < -0.3 is 15.4 Å². The van der Waals surface area contributed by atoms with Gasteiger partial charge in [0.05, 0.1) is 12.7 Å². The van der Waals surface area contributed by atoms with E-state index in [4.69, 9.17) is 4.74 Å². The maximum Gasteiger partial charge on any atom is 0.221 e. The minimum absolute atomic E-state index is 0.117. The number of hydrogen-bond acceptors (Lipinski definition) is 3. The third-order valence-corrected chi connectivity index (χ3v) is 2.84. The summed E-state index contributed by atoms with van der Waals surface area (Å²) in [4.78, 5) is 11.1. The fraction of sp³-hybridized carbons (Fsp3) is 0.917. The maximum atomic E-state index is 11.1. The molecule has 1 aliphatic carbocycles. The summed E-state index contributed by atoms with van der Waals surface area (Å²) >= 11 is 0. The molecular weight excluding hydrogens is 204 g/mol. The van der Waals surface area contributed by atoms with Gasteiger partial charge in [-0.05, 0) is 19.8 Å². The van der Waals surface area contributed by atoms with Crippen molar-refractivity contribution in [1.82, 2.24) is 10.6 Å². The molecule has 16 heavy (non-hydrogen) atoms. The molecule has 0 spiro atoms. The summed E-state index contributed by atoms with van der Waals surface area (Å²) in [6, 6.07) is 0. The number of carbonyl (C=O) groups excluding carboxylic acids is 1. The van der Waals surface area contributed by atoms with Crippen LogP contribution in [-0.2, 0) is 9.53 Å². The standard InChI is InChI=1S/C12H24N2O2/c1-2-14-12(15)7-8-13-9-10-16-11-5-3-4-6-11/h11,13H,2-10H2,1H3,(H,14,15). The van der Waals surface area contributed by atoms with Crippen molar-refractivity contribution in [2.24, 2.45) is 0 Å². The van der Waals surface area contributed by atoms with Gasteiger partial charge in [0.25, 0.3) is 0 Å². The van der Waals surface area contributed by atoms with Crippen LogP contribution in [0.3, 0.4) is 0 Å².